The van der Waals surface area contributed by atoms with Crippen molar-refractivity contribution in [3.8, 4) is 6.07 Å². The van der Waals surface area contributed by atoms with Gasteiger partial charge in [0, 0.05) is 5.56 Å². The van der Waals surface area contributed by atoms with Crippen LogP contribution in [-0.2, 0) is 9.59 Å². The van der Waals surface area contributed by atoms with Crippen molar-refractivity contribution in [3.05, 3.63) is 16.9 Å². The van der Waals surface area contributed by atoms with Crippen LogP contribution in [0.4, 0.5) is 5.88 Å². The molecule has 0 radical (unpaired) electrons. The smallest absolute Gasteiger partial charge is 0.394 e. The highest BCUT2D eigenvalue weighted by Crippen LogP contribution is 2.24. The van der Waals surface area contributed by atoms with E-state index in [1.54, 1.807) is 13.8 Å². The number of carboxylic acid groups (broad SMARTS) is 1. The molecular weight excluding hydrogens is 200 g/mol. The molecule has 0 saturated heterocycles. The third-order valence-corrected chi connectivity index (χ3v) is 1.92. The molecule has 0 unspecified atom stereocenters. The molecule has 0 bridgehead atoms. The molecule has 1 aromatic rings. The van der Waals surface area contributed by atoms with E-state index < -0.39 is 11.9 Å². The molecule has 1 rings (SSSR count). The zero-order valence-corrected chi connectivity index (χ0v) is 8.12. The van der Waals surface area contributed by atoms with Crippen LogP contribution in [0.25, 0.3) is 0 Å². The Hall–Kier alpha value is -2.29. The normalized spacial score (nSPS) is 9.40. The van der Waals surface area contributed by atoms with Crippen molar-refractivity contribution >= 4 is 17.8 Å². The van der Waals surface area contributed by atoms with Crippen molar-refractivity contribution in [2.45, 2.75) is 13.8 Å². The zero-order chi connectivity index (χ0) is 11.6. The van der Waals surface area contributed by atoms with Gasteiger partial charge in [-0.05, 0) is 13.8 Å². The fourth-order valence-corrected chi connectivity index (χ4v) is 1.01. The number of rotatable bonds is 1. The maximum Gasteiger partial charge on any atom is 0.394 e. The van der Waals surface area contributed by atoms with Gasteiger partial charge in [-0.15, -0.1) is 0 Å². The summed E-state index contributed by atoms with van der Waals surface area (Å²) in [5.74, 6) is -2.53. The lowest BCUT2D eigenvalue weighted by molar-refractivity contribution is -0.147. The third-order valence-electron chi connectivity index (χ3n) is 1.92. The SMILES string of the molecule is Cc1oc(NC(=O)C(=O)O)c(C#N)c1C. The summed E-state index contributed by atoms with van der Waals surface area (Å²) in [6, 6.07) is 1.83. The molecule has 6 nitrogen and oxygen atoms in total. The Morgan fingerprint density at radius 1 is 1.47 bits per heavy atom. The number of anilines is 1. The average molecular weight is 208 g/mol. The molecule has 0 spiro atoms. The summed E-state index contributed by atoms with van der Waals surface area (Å²) < 4.78 is 5.04. The maximum absolute atomic E-state index is 10.8. The van der Waals surface area contributed by atoms with Crippen LogP contribution in [0.2, 0.25) is 0 Å². The molecule has 0 fully saturated rings. The van der Waals surface area contributed by atoms with Crippen LogP contribution in [-0.4, -0.2) is 17.0 Å². The van der Waals surface area contributed by atoms with Crippen LogP contribution < -0.4 is 5.32 Å². The number of nitriles is 1. The van der Waals surface area contributed by atoms with Gasteiger partial charge >= 0.3 is 11.9 Å². The molecule has 2 N–H and O–H groups in total. The molecule has 15 heavy (non-hydrogen) atoms. The molecule has 0 atom stereocenters. The zero-order valence-electron chi connectivity index (χ0n) is 8.12. The number of amides is 1. The van der Waals surface area contributed by atoms with Crippen molar-refractivity contribution in [2.24, 2.45) is 0 Å². The van der Waals surface area contributed by atoms with Gasteiger partial charge in [-0.1, -0.05) is 0 Å². The van der Waals surface area contributed by atoms with Crippen molar-refractivity contribution < 1.29 is 19.1 Å². The first-order chi connectivity index (χ1) is 6.97. The fraction of sp³-hybridized carbons (Fsp3) is 0.222. The number of aryl methyl sites for hydroxylation is 1. The highest BCUT2D eigenvalue weighted by atomic mass is 16.4. The van der Waals surface area contributed by atoms with Gasteiger partial charge in [0.2, 0.25) is 5.88 Å². The van der Waals surface area contributed by atoms with Gasteiger partial charge in [0.15, 0.2) is 0 Å². The Balaban J connectivity index is 3.07. The minimum absolute atomic E-state index is 0.125. The van der Waals surface area contributed by atoms with Crippen molar-refractivity contribution in [1.29, 1.82) is 5.26 Å². The first-order valence-corrected chi connectivity index (χ1v) is 4.01. The Labute approximate surface area is 85.1 Å². The van der Waals surface area contributed by atoms with Gasteiger partial charge in [-0.3, -0.25) is 10.1 Å². The molecule has 6 heteroatoms. The van der Waals surface area contributed by atoms with Crippen LogP contribution in [0.5, 0.6) is 0 Å². The number of carboxylic acids is 1. The molecule has 1 aromatic heterocycles. The molecule has 1 heterocycles. The van der Waals surface area contributed by atoms with E-state index in [4.69, 9.17) is 14.8 Å². The quantitative estimate of drug-likeness (QED) is 0.664. The predicted molar refractivity (Wildman–Crippen MR) is 49.2 cm³/mol. The van der Waals surface area contributed by atoms with E-state index >= 15 is 0 Å². The van der Waals surface area contributed by atoms with Crippen LogP contribution in [0.1, 0.15) is 16.9 Å². The third kappa shape index (κ3) is 1.96. The average Bonchev–Trinajstić information content (AvgIpc) is 2.42. The summed E-state index contributed by atoms with van der Waals surface area (Å²) in [6.45, 7) is 3.26. The lowest BCUT2D eigenvalue weighted by atomic mass is 10.2. The van der Waals surface area contributed by atoms with E-state index in [0.717, 1.165) is 0 Å². The van der Waals surface area contributed by atoms with E-state index in [1.165, 1.54) is 0 Å². The number of nitrogens with zero attached hydrogens (tertiary/aromatic N) is 1. The Kier molecular flexibility index (Phi) is 2.76. The van der Waals surface area contributed by atoms with E-state index in [-0.39, 0.29) is 11.4 Å². The van der Waals surface area contributed by atoms with Crippen molar-refractivity contribution in [2.75, 3.05) is 5.32 Å². The number of nitrogens with one attached hydrogen (secondary N) is 1. The summed E-state index contributed by atoms with van der Waals surface area (Å²) in [5, 5.41) is 19.1. The number of carbonyl (C=O) groups excluding carboxylic acids is 1. The molecule has 0 aliphatic rings. The first-order valence-electron chi connectivity index (χ1n) is 4.01. The maximum atomic E-state index is 10.8. The molecule has 0 aromatic carbocycles. The molecule has 0 aliphatic heterocycles. The standard InChI is InChI=1S/C9H8N2O4/c1-4-5(2)15-8(6(4)3-10)11-7(12)9(13)14/h1-2H3,(H,11,12)(H,13,14). The van der Waals surface area contributed by atoms with Gasteiger partial charge in [0.1, 0.15) is 17.4 Å². The van der Waals surface area contributed by atoms with Gasteiger partial charge < -0.3 is 9.52 Å². The Bertz CT molecular complexity index is 467. The van der Waals surface area contributed by atoms with Gasteiger partial charge in [-0.25, -0.2) is 4.79 Å². The summed E-state index contributed by atoms with van der Waals surface area (Å²) >= 11 is 0. The van der Waals surface area contributed by atoms with E-state index in [0.29, 0.717) is 11.3 Å². The lowest BCUT2D eigenvalue weighted by Gasteiger charge is -1.96. The van der Waals surface area contributed by atoms with E-state index in [9.17, 15) is 9.59 Å². The Morgan fingerprint density at radius 2 is 2.07 bits per heavy atom. The topological polar surface area (TPSA) is 103 Å². The predicted octanol–water partition coefficient (Wildman–Crippen LogP) is 0.791. The van der Waals surface area contributed by atoms with Gasteiger partial charge in [0.25, 0.3) is 0 Å². The second-order valence-electron chi connectivity index (χ2n) is 2.86. The summed E-state index contributed by atoms with van der Waals surface area (Å²) in [5.41, 5.74) is 0.722. The van der Waals surface area contributed by atoms with Crippen LogP contribution in [0.15, 0.2) is 4.42 Å². The van der Waals surface area contributed by atoms with Gasteiger partial charge in [-0.2, -0.15) is 5.26 Å². The summed E-state index contributed by atoms with van der Waals surface area (Å²) in [7, 11) is 0. The fourth-order valence-electron chi connectivity index (χ4n) is 1.01. The largest absolute Gasteiger partial charge is 0.474 e. The first kappa shape index (κ1) is 10.8. The van der Waals surface area contributed by atoms with Gasteiger partial charge in [0.05, 0.1) is 0 Å². The van der Waals surface area contributed by atoms with Crippen LogP contribution in [0.3, 0.4) is 0 Å². The minimum atomic E-state index is -1.63. The minimum Gasteiger partial charge on any atom is -0.474 e. The second-order valence-corrected chi connectivity index (χ2v) is 2.86. The molecule has 1 amide bonds. The number of hydrogen-bond donors (Lipinski definition) is 2. The van der Waals surface area contributed by atoms with E-state index in [2.05, 4.69) is 0 Å². The number of aliphatic carboxylic acids is 1. The highest BCUT2D eigenvalue weighted by molar-refractivity contribution is 6.36. The second kappa shape index (κ2) is 3.84. The highest BCUT2D eigenvalue weighted by Gasteiger charge is 2.19. The van der Waals surface area contributed by atoms with Crippen molar-refractivity contribution in [3.63, 3.8) is 0 Å². The molecular formula is C9H8N2O4. The van der Waals surface area contributed by atoms with Crippen LogP contribution in [0, 0.1) is 25.2 Å². The molecule has 78 valence electrons. The number of furan rings is 1. The lowest BCUT2D eigenvalue weighted by Crippen LogP contribution is -2.21. The van der Waals surface area contributed by atoms with Crippen molar-refractivity contribution in [1.82, 2.24) is 0 Å². The number of hydrogen-bond acceptors (Lipinski definition) is 4. The molecule has 0 saturated carbocycles. The number of carbonyl (C=O) groups is 2. The van der Waals surface area contributed by atoms with Crippen LogP contribution >= 0.6 is 0 Å². The summed E-state index contributed by atoms with van der Waals surface area (Å²) in [4.78, 5) is 21.1. The van der Waals surface area contributed by atoms with E-state index in [1.807, 2.05) is 11.4 Å². The Morgan fingerprint density at radius 3 is 2.53 bits per heavy atom. The monoisotopic (exact) mass is 208 g/mol. The summed E-state index contributed by atoms with van der Waals surface area (Å²) in [6.07, 6.45) is 0. The molecule has 0 aliphatic carbocycles.